The number of hydrogen-bond donors (Lipinski definition) is 0. The van der Waals surface area contributed by atoms with Crippen molar-refractivity contribution >= 4 is 17.1 Å². The molecular weight excluding hydrogens is 927 g/mol. The minimum atomic E-state index is -0.454. The van der Waals surface area contributed by atoms with E-state index in [0.29, 0.717) is 0 Å². The van der Waals surface area contributed by atoms with Crippen LogP contribution in [0.2, 0.25) is 0 Å². The molecule has 0 heterocycles. The van der Waals surface area contributed by atoms with Crippen LogP contribution in [0, 0.1) is 0 Å². The van der Waals surface area contributed by atoms with Crippen molar-refractivity contribution in [3.63, 3.8) is 0 Å². The maximum atomic E-state index is 2.54. The van der Waals surface area contributed by atoms with Crippen molar-refractivity contribution in [3.05, 3.63) is 292 Å². The summed E-state index contributed by atoms with van der Waals surface area (Å²) in [5.41, 5.74) is 34.5. The molecule has 0 unspecified atom stereocenters. The first kappa shape index (κ1) is 44.5. The molecule has 0 aromatic heterocycles. The monoisotopic (exact) mass is 983 g/mol. The van der Waals surface area contributed by atoms with Gasteiger partial charge in [0.15, 0.2) is 0 Å². The third-order valence-corrected chi connectivity index (χ3v) is 19.1. The molecule has 1 nitrogen and oxygen atoms in total. The molecule has 0 saturated carbocycles. The highest BCUT2D eigenvalue weighted by molar-refractivity contribution is 6.01. The summed E-state index contributed by atoms with van der Waals surface area (Å²) in [5.74, 6) is 0. The zero-order chi connectivity index (χ0) is 51.7. The van der Waals surface area contributed by atoms with Gasteiger partial charge in [-0.3, -0.25) is 0 Å². The second-order valence-corrected chi connectivity index (χ2v) is 23.9. The van der Waals surface area contributed by atoms with Crippen LogP contribution in [0.5, 0.6) is 0 Å². The highest BCUT2D eigenvalue weighted by atomic mass is 15.1. The van der Waals surface area contributed by atoms with E-state index >= 15 is 0 Å². The van der Waals surface area contributed by atoms with Crippen molar-refractivity contribution in [3.8, 4) is 77.9 Å². The largest absolute Gasteiger partial charge is 0.310 e. The SMILES string of the molecule is CC1(C)c2ccccc2-c2ccc(N(c3ccc4c(c3)C(C)(C)c3ccccc3-4)c3ccc4c(c3)C(C)(C)c3cc(-c5ccc6c(c5)C5(c7ccccc7-c7ccccc75)c5cccc(-c7ccccc7)c5-6)ccc3-4)cc21. The summed E-state index contributed by atoms with van der Waals surface area (Å²) >= 11 is 0. The van der Waals surface area contributed by atoms with Gasteiger partial charge in [-0.1, -0.05) is 230 Å². The molecule has 0 N–H and O–H groups in total. The number of hydrogen-bond acceptors (Lipinski definition) is 1. The molecule has 0 radical (unpaired) electrons. The number of anilines is 3. The predicted molar refractivity (Wildman–Crippen MR) is 321 cm³/mol. The van der Waals surface area contributed by atoms with Gasteiger partial charge in [-0.2, -0.15) is 0 Å². The first-order valence-corrected chi connectivity index (χ1v) is 27.6. The van der Waals surface area contributed by atoms with Crippen LogP contribution in [0.15, 0.2) is 237 Å². The van der Waals surface area contributed by atoms with Gasteiger partial charge in [0.2, 0.25) is 0 Å². The van der Waals surface area contributed by atoms with Gasteiger partial charge in [0.25, 0.3) is 0 Å². The molecule has 5 aliphatic carbocycles. The van der Waals surface area contributed by atoms with Crippen molar-refractivity contribution in [2.75, 3.05) is 4.90 Å². The van der Waals surface area contributed by atoms with Crippen LogP contribution in [-0.2, 0) is 21.7 Å². The van der Waals surface area contributed by atoms with Gasteiger partial charge in [0.05, 0.1) is 5.41 Å². The standard InChI is InChI=1S/C76H57N/c1-73(2)62-26-14-10-21-53(62)58-38-33-49(43-68(58)73)77(50-34-39-59-54-22-11-15-27-63(54)74(3,4)69(59)44-50)51-35-40-60-57-36-31-47(41-67(57)75(5,6)70(60)45-51)48-32-37-61-71(42-48)76(64-28-16-12-23-55(64)56-24-13-17-29-65(56)76)66-30-18-25-52(72(61)66)46-19-8-7-9-20-46/h7-45H,1-6H3. The summed E-state index contributed by atoms with van der Waals surface area (Å²) in [6, 6.07) is 90.5. The Hall–Kier alpha value is -8.78. The predicted octanol–water partition coefficient (Wildman–Crippen LogP) is 19.8. The number of fused-ring (bicyclic) bond motifs is 19. The molecule has 77 heavy (non-hydrogen) atoms. The lowest BCUT2D eigenvalue weighted by Crippen LogP contribution is -2.25. The minimum absolute atomic E-state index is 0.130. The fourth-order valence-corrected chi connectivity index (χ4v) is 15.4. The van der Waals surface area contributed by atoms with Gasteiger partial charge >= 0.3 is 0 Å². The maximum Gasteiger partial charge on any atom is 0.0725 e. The van der Waals surface area contributed by atoms with Crippen LogP contribution in [0.3, 0.4) is 0 Å². The molecule has 11 aromatic rings. The summed E-state index contributed by atoms with van der Waals surface area (Å²) < 4.78 is 0. The van der Waals surface area contributed by atoms with E-state index in [1.165, 1.54) is 151 Å². The van der Waals surface area contributed by atoms with E-state index in [-0.39, 0.29) is 16.2 Å². The molecule has 1 heteroatoms. The van der Waals surface area contributed by atoms with E-state index in [0.717, 1.165) is 0 Å². The summed E-state index contributed by atoms with van der Waals surface area (Å²) in [7, 11) is 0. The molecule has 366 valence electrons. The Balaban J connectivity index is 0.836. The van der Waals surface area contributed by atoms with Crippen molar-refractivity contribution in [1.82, 2.24) is 0 Å². The molecule has 5 aliphatic rings. The van der Waals surface area contributed by atoms with Crippen molar-refractivity contribution in [2.45, 2.75) is 63.2 Å². The molecule has 1 spiro atoms. The van der Waals surface area contributed by atoms with E-state index in [1.807, 2.05) is 0 Å². The van der Waals surface area contributed by atoms with Gasteiger partial charge in [0.1, 0.15) is 0 Å². The van der Waals surface area contributed by atoms with E-state index in [2.05, 4.69) is 283 Å². The van der Waals surface area contributed by atoms with Gasteiger partial charge in [-0.15, -0.1) is 0 Å². The van der Waals surface area contributed by atoms with Crippen LogP contribution in [0.4, 0.5) is 17.1 Å². The lowest BCUT2D eigenvalue weighted by Gasteiger charge is -2.31. The molecule has 0 amide bonds. The molecule has 0 aliphatic heterocycles. The van der Waals surface area contributed by atoms with Gasteiger partial charge < -0.3 is 4.90 Å². The van der Waals surface area contributed by atoms with E-state index in [4.69, 9.17) is 0 Å². The van der Waals surface area contributed by atoms with E-state index < -0.39 is 5.41 Å². The van der Waals surface area contributed by atoms with Crippen LogP contribution in [0.25, 0.3) is 77.9 Å². The van der Waals surface area contributed by atoms with E-state index in [9.17, 15) is 0 Å². The van der Waals surface area contributed by atoms with Crippen molar-refractivity contribution in [2.24, 2.45) is 0 Å². The number of nitrogens with zero attached hydrogens (tertiary/aromatic N) is 1. The van der Waals surface area contributed by atoms with Crippen LogP contribution < -0.4 is 4.90 Å². The van der Waals surface area contributed by atoms with Crippen LogP contribution in [-0.4, -0.2) is 0 Å². The molecule has 16 rings (SSSR count). The molecule has 11 aromatic carbocycles. The Morgan fingerprint density at radius 2 is 0.558 bits per heavy atom. The summed E-state index contributed by atoms with van der Waals surface area (Å²) in [6.07, 6.45) is 0. The zero-order valence-electron chi connectivity index (χ0n) is 44.5. The molecule has 0 bridgehead atoms. The number of rotatable bonds is 5. The fraction of sp³-hybridized carbons (Fsp3) is 0.132. The third kappa shape index (κ3) is 5.79. The maximum absolute atomic E-state index is 2.54. The topological polar surface area (TPSA) is 3.24 Å². The summed E-state index contributed by atoms with van der Waals surface area (Å²) in [4.78, 5) is 2.53. The Bertz CT molecular complexity index is 4220. The lowest BCUT2D eigenvalue weighted by molar-refractivity contribution is 0.659. The second-order valence-electron chi connectivity index (χ2n) is 23.9. The average Bonchev–Trinajstić information content (AvgIpc) is 4.29. The zero-order valence-corrected chi connectivity index (χ0v) is 44.5. The fourth-order valence-electron chi connectivity index (χ4n) is 15.4. The molecule has 0 saturated heterocycles. The quantitative estimate of drug-likeness (QED) is 0.166. The minimum Gasteiger partial charge on any atom is -0.310 e. The molecule has 0 fully saturated rings. The van der Waals surface area contributed by atoms with Crippen molar-refractivity contribution < 1.29 is 0 Å². The van der Waals surface area contributed by atoms with Gasteiger partial charge in [-0.25, -0.2) is 0 Å². The normalized spacial score (nSPS) is 15.8. The Morgan fingerprint density at radius 1 is 0.221 bits per heavy atom. The van der Waals surface area contributed by atoms with Gasteiger partial charge in [-0.05, 0) is 182 Å². The second kappa shape index (κ2) is 15.4. The summed E-state index contributed by atoms with van der Waals surface area (Å²) in [6.45, 7) is 14.4. The smallest absolute Gasteiger partial charge is 0.0725 e. The van der Waals surface area contributed by atoms with E-state index in [1.54, 1.807) is 0 Å². The average molecular weight is 984 g/mol. The third-order valence-electron chi connectivity index (χ3n) is 19.1. The summed E-state index contributed by atoms with van der Waals surface area (Å²) in [5, 5.41) is 0. The van der Waals surface area contributed by atoms with Crippen LogP contribution in [0.1, 0.15) is 97.2 Å². The Labute approximate surface area is 452 Å². The lowest BCUT2D eigenvalue weighted by atomic mass is 9.70. The Morgan fingerprint density at radius 3 is 1.05 bits per heavy atom. The Kier molecular flexibility index (Phi) is 8.92. The highest BCUT2D eigenvalue weighted by Crippen LogP contribution is 2.65. The number of benzene rings is 11. The molecule has 0 atom stereocenters. The molecular formula is C76H57N. The van der Waals surface area contributed by atoms with Crippen LogP contribution >= 0.6 is 0 Å². The van der Waals surface area contributed by atoms with Gasteiger partial charge in [0, 0.05) is 33.3 Å². The first-order chi connectivity index (χ1) is 37.5. The highest BCUT2D eigenvalue weighted by Gasteiger charge is 2.52. The first-order valence-electron chi connectivity index (χ1n) is 27.6. The van der Waals surface area contributed by atoms with Crippen molar-refractivity contribution in [1.29, 1.82) is 0 Å².